The van der Waals surface area contributed by atoms with E-state index in [4.69, 9.17) is 4.74 Å². The van der Waals surface area contributed by atoms with Crippen LogP contribution in [0.15, 0.2) is 24.3 Å². The molecular weight excluding hydrogens is 318 g/mol. The summed E-state index contributed by atoms with van der Waals surface area (Å²) in [4.78, 5) is 29.2. The summed E-state index contributed by atoms with van der Waals surface area (Å²) in [6, 6.07) is 7.83. The average molecular weight is 343 g/mol. The number of nitrogens with one attached hydrogen (secondary N) is 1. The van der Waals surface area contributed by atoms with Gasteiger partial charge in [0.05, 0.1) is 18.6 Å². The predicted molar refractivity (Wildman–Crippen MR) is 94.7 cm³/mol. The summed E-state index contributed by atoms with van der Waals surface area (Å²) in [5.74, 6) is 0.153. The molecule has 3 aliphatic heterocycles. The molecule has 0 saturated carbocycles. The number of rotatable bonds is 2. The van der Waals surface area contributed by atoms with Crippen LogP contribution in [0.5, 0.6) is 0 Å². The lowest BCUT2D eigenvalue weighted by Crippen LogP contribution is -2.47. The summed E-state index contributed by atoms with van der Waals surface area (Å²) in [5, 5.41) is 2.97. The molecule has 3 fully saturated rings. The first kappa shape index (κ1) is 16.4. The van der Waals surface area contributed by atoms with Gasteiger partial charge in [0.1, 0.15) is 0 Å². The van der Waals surface area contributed by atoms with Crippen LogP contribution in [0.4, 0.5) is 5.69 Å². The second-order valence-electron chi connectivity index (χ2n) is 7.26. The van der Waals surface area contributed by atoms with Gasteiger partial charge in [0.15, 0.2) is 0 Å². The fraction of sp³-hybridized carbons (Fsp3) is 0.579. The highest BCUT2D eigenvalue weighted by Gasteiger charge is 2.46. The smallest absolute Gasteiger partial charge is 0.253 e. The van der Waals surface area contributed by atoms with E-state index in [0.29, 0.717) is 18.7 Å². The van der Waals surface area contributed by atoms with Crippen LogP contribution in [0, 0.1) is 5.41 Å². The van der Waals surface area contributed by atoms with E-state index in [0.717, 1.165) is 57.8 Å². The van der Waals surface area contributed by atoms with Crippen molar-refractivity contribution in [2.24, 2.45) is 5.41 Å². The van der Waals surface area contributed by atoms with Gasteiger partial charge in [-0.2, -0.15) is 0 Å². The molecule has 0 radical (unpaired) electrons. The third-order valence-corrected chi connectivity index (χ3v) is 5.73. The van der Waals surface area contributed by atoms with Crippen LogP contribution in [-0.2, 0) is 9.53 Å². The van der Waals surface area contributed by atoms with Gasteiger partial charge in [-0.05, 0) is 43.5 Å². The van der Waals surface area contributed by atoms with E-state index in [1.54, 1.807) is 0 Å². The van der Waals surface area contributed by atoms with Gasteiger partial charge in [-0.25, -0.2) is 0 Å². The number of ether oxygens (including phenoxy) is 1. The summed E-state index contributed by atoms with van der Waals surface area (Å²) in [6.07, 6.45) is 2.66. The van der Waals surface area contributed by atoms with Crippen LogP contribution < -0.4 is 10.2 Å². The molecule has 1 spiro atoms. The topological polar surface area (TPSA) is 61.9 Å². The highest BCUT2D eigenvalue weighted by Crippen LogP contribution is 2.37. The van der Waals surface area contributed by atoms with Crippen molar-refractivity contribution in [1.29, 1.82) is 0 Å². The Morgan fingerprint density at radius 1 is 1.08 bits per heavy atom. The zero-order chi connectivity index (χ0) is 17.3. The molecule has 1 atom stereocenters. The highest BCUT2D eigenvalue weighted by atomic mass is 16.5. The molecule has 6 heteroatoms. The normalized spacial score (nSPS) is 26.8. The highest BCUT2D eigenvalue weighted by molar-refractivity contribution is 5.95. The Bertz CT molecular complexity index is 654. The molecule has 25 heavy (non-hydrogen) atoms. The van der Waals surface area contributed by atoms with Crippen molar-refractivity contribution in [1.82, 2.24) is 10.2 Å². The minimum absolute atomic E-state index is 0.0313. The Morgan fingerprint density at radius 2 is 1.84 bits per heavy atom. The summed E-state index contributed by atoms with van der Waals surface area (Å²) >= 11 is 0. The van der Waals surface area contributed by atoms with E-state index in [-0.39, 0.29) is 17.2 Å². The van der Waals surface area contributed by atoms with Gasteiger partial charge in [-0.3, -0.25) is 9.59 Å². The van der Waals surface area contributed by atoms with E-state index >= 15 is 0 Å². The first-order valence-corrected chi connectivity index (χ1v) is 9.18. The van der Waals surface area contributed by atoms with Crippen LogP contribution in [0.1, 0.15) is 29.6 Å². The summed E-state index contributed by atoms with van der Waals surface area (Å²) < 4.78 is 5.38. The zero-order valence-corrected chi connectivity index (χ0v) is 14.5. The van der Waals surface area contributed by atoms with Crippen molar-refractivity contribution >= 4 is 17.5 Å². The number of anilines is 1. The minimum atomic E-state index is -0.359. The van der Waals surface area contributed by atoms with Gasteiger partial charge in [0.25, 0.3) is 5.91 Å². The number of benzene rings is 1. The second-order valence-corrected chi connectivity index (χ2v) is 7.26. The lowest BCUT2D eigenvalue weighted by molar-refractivity contribution is -0.132. The van der Waals surface area contributed by atoms with Crippen LogP contribution in [0.25, 0.3) is 0 Å². The van der Waals surface area contributed by atoms with Gasteiger partial charge in [0.2, 0.25) is 5.91 Å². The summed E-state index contributed by atoms with van der Waals surface area (Å²) in [5.41, 5.74) is 1.47. The van der Waals surface area contributed by atoms with Crippen LogP contribution >= 0.6 is 0 Å². The Hall–Kier alpha value is -2.08. The molecule has 6 nitrogen and oxygen atoms in total. The number of carbonyl (C=O) groups is 2. The number of amides is 2. The lowest BCUT2D eigenvalue weighted by atomic mass is 9.79. The number of hydrogen-bond donors (Lipinski definition) is 1. The molecular formula is C19H25N3O3. The van der Waals surface area contributed by atoms with Crippen molar-refractivity contribution in [3.05, 3.63) is 29.8 Å². The quantitative estimate of drug-likeness (QED) is 0.878. The maximum Gasteiger partial charge on any atom is 0.253 e. The molecule has 1 aromatic carbocycles. The second kappa shape index (κ2) is 6.67. The van der Waals surface area contributed by atoms with E-state index in [2.05, 4.69) is 10.2 Å². The Kier molecular flexibility index (Phi) is 4.37. The first-order valence-electron chi connectivity index (χ1n) is 9.18. The molecule has 4 rings (SSSR count). The third-order valence-electron chi connectivity index (χ3n) is 5.73. The van der Waals surface area contributed by atoms with Crippen molar-refractivity contribution < 1.29 is 14.3 Å². The zero-order valence-electron chi connectivity index (χ0n) is 14.5. The molecule has 2 amide bonds. The monoisotopic (exact) mass is 343 g/mol. The Labute approximate surface area is 148 Å². The van der Waals surface area contributed by atoms with Gasteiger partial charge < -0.3 is 19.9 Å². The number of carbonyl (C=O) groups excluding carboxylic acids is 2. The Morgan fingerprint density at radius 3 is 2.56 bits per heavy atom. The molecule has 3 aliphatic rings. The van der Waals surface area contributed by atoms with Crippen molar-refractivity contribution in [2.45, 2.75) is 19.3 Å². The number of morpholine rings is 1. The Balaban J connectivity index is 1.43. The van der Waals surface area contributed by atoms with Crippen molar-refractivity contribution in [2.75, 3.05) is 50.8 Å². The minimum Gasteiger partial charge on any atom is -0.378 e. The standard InChI is InChI=1S/C19H25N3O3/c23-17(22-9-7-19(14-22)6-1-8-20-18(19)24)15-2-4-16(5-3-15)21-10-12-25-13-11-21/h2-5H,1,6-14H2,(H,20,24). The van der Waals surface area contributed by atoms with Crippen molar-refractivity contribution in [3.63, 3.8) is 0 Å². The number of likely N-dealkylation sites (tertiary alicyclic amines) is 1. The first-order chi connectivity index (χ1) is 12.2. The predicted octanol–water partition coefficient (Wildman–Crippen LogP) is 1.27. The van der Waals surface area contributed by atoms with Crippen molar-refractivity contribution in [3.8, 4) is 0 Å². The third kappa shape index (κ3) is 3.11. The lowest BCUT2D eigenvalue weighted by Gasteiger charge is -2.32. The number of hydrogen-bond acceptors (Lipinski definition) is 4. The van der Waals surface area contributed by atoms with Crippen LogP contribution in [0.3, 0.4) is 0 Å². The summed E-state index contributed by atoms with van der Waals surface area (Å²) in [6.45, 7) is 5.24. The SMILES string of the molecule is O=C(c1ccc(N2CCOCC2)cc1)N1CCC2(CCCNC2=O)C1. The maximum atomic E-state index is 12.8. The number of nitrogens with zero attached hydrogens (tertiary/aromatic N) is 2. The van der Waals surface area contributed by atoms with Crippen LogP contribution in [-0.4, -0.2) is 62.7 Å². The molecule has 3 saturated heterocycles. The fourth-order valence-electron chi connectivity index (χ4n) is 4.18. The maximum absolute atomic E-state index is 12.8. The summed E-state index contributed by atoms with van der Waals surface area (Å²) in [7, 11) is 0. The van der Waals surface area contributed by atoms with Gasteiger partial charge in [-0.15, -0.1) is 0 Å². The van der Waals surface area contributed by atoms with Gasteiger partial charge >= 0.3 is 0 Å². The average Bonchev–Trinajstić information content (AvgIpc) is 3.10. The molecule has 0 aromatic heterocycles. The molecule has 1 aromatic rings. The molecule has 1 unspecified atom stereocenters. The molecule has 0 bridgehead atoms. The molecule has 1 N–H and O–H groups in total. The van der Waals surface area contributed by atoms with Gasteiger partial charge in [-0.1, -0.05) is 0 Å². The fourth-order valence-corrected chi connectivity index (χ4v) is 4.18. The van der Waals surface area contributed by atoms with E-state index in [1.165, 1.54) is 0 Å². The van der Waals surface area contributed by atoms with E-state index < -0.39 is 0 Å². The van der Waals surface area contributed by atoms with Crippen LogP contribution in [0.2, 0.25) is 0 Å². The number of piperidine rings is 1. The largest absolute Gasteiger partial charge is 0.378 e. The van der Waals surface area contributed by atoms with E-state index in [1.807, 2.05) is 29.2 Å². The van der Waals surface area contributed by atoms with E-state index in [9.17, 15) is 9.59 Å². The molecule has 0 aliphatic carbocycles. The molecule has 3 heterocycles. The molecule has 134 valence electrons. The van der Waals surface area contributed by atoms with Gasteiger partial charge in [0, 0.05) is 44.0 Å².